The minimum Gasteiger partial charge on any atom is -0.399 e. The Morgan fingerprint density at radius 3 is 2.71 bits per heavy atom. The Bertz CT molecular complexity index is 511. The number of aryl methyl sites for hydroxylation is 1. The zero-order valence-corrected chi connectivity index (χ0v) is 10.8. The predicted molar refractivity (Wildman–Crippen MR) is 74.0 cm³/mol. The molecule has 0 aliphatic heterocycles. The standard InChI is InChI=1S/C14H21N3/c1-4-17-13(9-16-10(2)3)7-11-5-6-12(15)8-14(11)17/h5-8,10,16H,4,9,15H2,1-3H3. The molecular formula is C14H21N3. The largest absolute Gasteiger partial charge is 0.399 e. The van der Waals surface area contributed by atoms with Gasteiger partial charge in [0.05, 0.1) is 5.52 Å². The fraction of sp³-hybridized carbons (Fsp3) is 0.429. The van der Waals surface area contributed by atoms with Crippen molar-refractivity contribution in [2.75, 3.05) is 5.73 Å². The van der Waals surface area contributed by atoms with Gasteiger partial charge in [-0.3, -0.25) is 0 Å². The summed E-state index contributed by atoms with van der Waals surface area (Å²) >= 11 is 0. The lowest BCUT2D eigenvalue weighted by Gasteiger charge is -2.11. The van der Waals surface area contributed by atoms with Crippen LogP contribution in [0.25, 0.3) is 10.9 Å². The summed E-state index contributed by atoms with van der Waals surface area (Å²) in [5.41, 5.74) is 9.23. The molecule has 1 aromatic heterocycles. The minimum absolute atomic E-state index is 0.503. The molecule has 0 saturated carbocycles. The fourth-order valence-corrected chi connectivity index (χ4v) is 2.16. The molecule has 17 heavy (non-hydrogen) atoms. The number of benzene rings is 1. The van der Waals surface area contributed by atoms with Gasteiger partial charge in [0.2, 0.25) is 0 Å². The molecule has 2 aromatic rings. The molecule has 0 spiro atoms. The van der Waals surface area contributed by atoms with Crippen LogP contribution in [0.3, 0.4) is 0 Å². The Kier molecular flexibility index (Phi) is 3.38. The van der Waals surface area contributed by atoms with Gasteiger partial charge in [0, 0.05) is 35.9 Å². The Morgan fingerprint density at radius 1 is 1.29 bits per heavy atom. The van der Waals surface area contributed by atoms with Gasteiger partial charge in [0.25, 0.3) is 0 Å². The average Bonchev–Trinajstić information content (AvgIpc) is 2.63. The van der Waals surface area contributed by atoms with Crippen LogP contribution >= 0.6 is 0 Å². The second-order valence-electron chi connectivity index (χ2n) is 4.73. The van der Waals surface area contributed by atoms with Crippen molar-refractivity contribution >= 4 is 16.6 Å². The maximum Gasteiger partial charge on any atom is 0.0503 e. The SMILES string of the molecule is CCn1c(CNC(C)C)cc2ccc(N)cc21. The molecule has 0 amide bonds. The van der Waals surface area contributed by atoms with E-state index in [4.69, 9.17) is 5.73 Å². The molecule has 0 unspecified atom stereocenters. The van der Waals surface area contributed by atoms with Crippen molar-refractivity contribution in [2.24, 2.45) is 0 Å². The van der Waals surface area contributed by atoms with Crippen LogP contribution in [0.1, 0.15) is 26.5 Å². The Labute approximate surface area is 103 Å². The summed E-state index contributed by atoms with van der Waals surface area (Å²) in [6.07, 6.45) is 0. The highest BCUT2D eigenvalue weighted by atomic mass is 15.0. The summed E-state index contributed by atoms with van der Waals surface area (Å²) in [5, 5.41) is 4.73. The number of hydrogen-bond acceptors (Lipinski definition) is 2. The van der Waals surface area contributed by atoms with E-state index in [1.165, 1.54) is 16.6 Å². The van der Waals surface area contributed by atoms with Gasteiger partial charge in [-0.2, -0.15) is 0 Å². The lowest BCUT2D eigenvalue weighted by atomic mass is 10.2. The highest BCUT2D eigenvalue weighted by Gasteiger charge is 2.07. The quantitative estimate of drug-likeness (QED) is 0.795. The van der Waals surface area contributed by atoms with Crippen molar-refractivity contribution in [1.29, 1.82) is 0 Å². The first-order valence-electron chi connectivity index (χ1n) is 6.23. The topological polar surface area (TPSA) is 43.0 Å². The van der Waals surface area contributed by atoms with E-state index in [1.807, 2.05) is 6.07 Å². The van der Waals surface area contributed by atoms with Gasteiger partial charge < -0.3 is 15.6 Å². The molecule has 3 N–H and O–H groups in total. The summed E-state index contributed by atoms with van der Waals surface area (Å²) in [4.78, 5) is 0. The summed E-state index contributed by atoms with van der Waals surface area (Å²) in [6, 6.07) is 8.85. The van der Waals surface area contributed by atoms with E-state index in [1.54, 1.807) is 0 Å². The van der Waals surface area contributed by atoms with E-state index in [0.29, 0.717) is 6.04 Å². The molecule has 3 nitrogen and oxygen atoms in total. The number of nitrogens with zero attached hydrogens (tertiary/aromatic N) is 1. The number of nitrogens with two attached hydrogens (primary N) is 1. The molecular weight excluding hydrogens is 210 g/mol. The third-order valence-electron chi connectivity index (χ3n) is 3.02. The van der Waals surface area contributed by atoms with Crippen molar-refractivity contribution in [2.45, 2.75) is 39.9 Å². The molecule has 2 rings (SSSR count). The van der Waals surface area contributed by atoms with Crippen LogP contribution in [0.4, 0.5) is 5.69 Å². The second-order valence-corrected chi connectivity index (χ2v) is 4.73. The van der Waals surface area contributed by atoms with Gasteiger partial charge in [-0.1, -0.05) is 19.9 Å². The van der Waals surface area contributed by atoms with Crippen molar-refractivity contribution < 1.29 is 0 Å². The van der Waals surface area contributed by atoms with E-state index in [9.17, 15) is 0 Å². The van der Waals surface area contributed by atoms with Crippen LogP contribution in [0.5, 0.6) is 0 Å². The molecule has 1 heterocycles. The van der Waals surface area contributed by atoms with E-state index in [0.717, 1.165) is 18.8 Å². The molecule has 0 radical (unpaired) electrons. The zero-order chi connectivity index (χ0) is 12.4. The number of nitrogens with one attached hydrogen (secondary N) is 1. The number of rotatable bonds is 4. The normalized spacial score (nSPS) is 11.5. The molecule has 3 heteroatoms. The summed E-state index contributed by atoms with van der Waals surface area (Å²) in [5.74, 6) is 0. The molecule has 0 fully saturated rings. The zero-order valence-electron chi connectivity index (χ0n) is 10.8. The Hall–Kier alpha value is -1.48. The number of hydrogen-bond donors (Lipinski definition) is 2. The van der Waals surface area contributed by atoms with Gasteiger partial charge in [-0.05, 0) is 25.1 Å². The van der Waals surface area contributed by atoms with Crippen LogP contribution in [0, 0.1) is 0 Å². The lowest BCUT2D eigenvalue weighted by molar-refractivity contribution is 0.564. The maximum atomic E-state index is 5.85. The fourth-order valence-electron chi connectivity index (χ4n) is 2.16. The molecule has 0 atom stereocenters. The van der Waals surface area contributed by atoms with Gasteiger partial charge in [-0.25, -0.2) is 0 Å². The first-order chi connectivity index (χ1) is 8.11. The van der Waals surface area contributed by atoms with Crippen molar-refractivity contribution in [3.8, 4) is 0 Å². The van der Waals surface area contributed by atoms with Crippen molar-refractivity contribution in [3.63, 3.8) is 0 Å². The van der Waals surface area contributed by atoms with Crippen molar-refractivity contribution in [1.82, 2.24) is 9.88 Å². The first-order valence-corrected chi connectivity index (χ1v) is 6.23. The molecule has 0 bridgehead atoms. The third kappa shape index (κ3) is 2.44. The van der Waals surface area contributed by atoms with Gasteiger partial charge in [0.15, 0.2) is 0 Å². The van der Waals surface area contributed by atoms with Crippen LogP contribution in [-0.4, -0.2) is 10.6 Å². The number of nitrogen functional groups attached to an aromatic ring is 1. The number of aromatic nitrogens is 1. The van der Waals surface area contributed by atoms with E-state index in [-0.39, 0.29) is 0 Å². The Morgan fingerprint density at radius 2 is 2.06 bits per heavy atom. The highest BCUT2D eigenvalue weighted by molar-refractivity contribution is 5.84. The maximum absolute atomic E-state index is 5.85. The van der Waals surface area contributed by atoms with Crippen LogP contribution in [0.2, 0.25) is 0 Å². The highest BCUT2D eigenvalue weighted by Crippen LogP contribution is 2.22. The number of fused-ring (bicyclic) bond motifs is 1. The smallest absolute Gasteiger partial charge is 0.0503 e. The van der Waals surface area contributed by atoms with E-state index >= 15 is 0 Å². The molecule has 0 saturated heterocycles. The van der Waals surface area contributed by atoms with Crippen LogP contribution < -0.4 is 11.1 Å². The molecule has 0 aliphatic rings. The van der Waals surface area contributed by atoms with Gasteiger partial charge >= 0.3 is 0 Å². The summed E-state index contributed by atoms with van der Waals surface area (Å²) in [6.45, 7) is 8.37. The molecule has 0 aliphatic carbocycles. The second kappa shape index (κ2) is 4.80. The van der Waals surface area contributed by atoms with Crippen LogP contribution in [-0.2, 0) is 13.1 Å². The van der Waals surface area contributed by atoms with E-state index < -0.39 is 0 Å². The monoisotopic (exact) mass is 231 g/mol. The first kappa shape index (κ1) is 12.0. The Balaban J connectivity index is 2.41. The molecule has 92 valence electrons. The third-order valence-corrected chi connectivity index (χ3v) is 3.02. The minimum atomic E-state index is 0.503. The van der Waals surface area contributed by atoms with Gasteiger partial charge in [-0.15, -0.1) is 0 Å². The average molecular weight is 231 g/mol. The number of anilines is 1. The van der Waals surface area contributed by atoms with Crippen LogP contribution in [0.15, 0.2) is 24.3 Å². The lowest BCUT2D eigenvalue weighted by Crippen LogP contribution is -2.23. The molecule has 1 aromatic carbocycles. The predicted octanol–water partition coefficient (Wildman–Crippen LogP) is 2.74. The van der Waals surface area contributed by atoms with Crippen molar-refractivity contribution in [3.05, 3.63) is 30.0 Å². The van der Waals surface area contributed by atoms with E-state index in [2.05, 4.69) is 48.9 Å². The van der Waals surface area contributed by atoms with Gasteiger partial charge in [0.1, 0.15) is 0 Å². The summed E-state index contributed by atoms with van der Waals surface area (Å²) < 4.78 is 2.32. The summed E-state index contributed by atoms with van der Waals surface area (Å²) in [7, 11) is 0.